The van der Waals surface area contributed by atoms with Crippen molar-refractivity contribution in [1.82, 2.24) is 14.8 Å². The van der Waals surface area contributed by atoms with Crippen molar-refractivity contribution in [3.05, 3.63) is 99.0 Å². The van der Waals surface area contributed by atoms with E-state index >= 15 is 0 Å². The maximum Gasteiger partial charge on any atom is 0.274 e. The zero-order chi connectivity index (χ0) is 26.0. The summed E-state index contributed by atoms with van der Waals surface area (Å²) >= 11 is 12.2. The van der Waals surface area contributed by atoms with Crippen molar-refractivity contribution >= 4 is 35.0 Å². The second-order valence-corrected chi connectivity index (χ2v) is 10.4. The Hall–Kier alpha value is -3.00. The molecule has 2 saturated heterocycles. The van der Waals surface area contributed by atoms with Crippen molar-refractivity contribution in [3.63, 3.8) is 0 Å². The molecule has 192 valence electrons. The van der Waals surface area contributed by atoms with E-state index in [1.165, 1.54) is 24.4 Å². The number of carbonyl (C=O) groups is 2. The van der Waals surface area contributed by atoms with E-state index in [9.17, 15) is 14.0 Å². The number of rotatable bonds is 4. The highest BCUT2D eigenvalue weighted by molar-refractivity contribution is 6.36. The van der Waals surface area contributed by atoms with E-state index < -0.39 is 5.60 Å². The molecule has 2 aliphatic heterocycles. The Kier molecular flexibility index (Phi) is 7.47. The molecule has 2 amide bonds. The lowest BCUT2D eigenvalue weighted by atomic mass is 9.90. The molecule has 1 unspecified atom stereocenters. The highest BCUT2D eigenvalue weighted by atomic mass is 35.5. The number of nitrogens with zero attached hydrogens (tertiary/aromatic N) is 3. The first-order chi connectivity index (χ1) is 17.8. The van der Waals surface area contributed by atoms with Gasteiger partial charge in [-0.05, 0) is 60.7 Å². The number of morpholine rings is 1. The van der Waals surface area contributed by atoms with Gasteiger partial charge < -0.3 is 14.5 Å². The molecule has 2 aliphatic rings. The van der Waals surface area contributed by atoms with Crippen LogP contribution >= 0.6 is 23.2 Å². The molecule has 0 N–H and O–H groups in total. The van der Waals surface area contributed by atoms with E-state index in [1.807, 2.05) is 24.3 Å². The summed E-state index contributed by atoms with van der Waals surface area (Å²) in [6, 6.07) is 15.4. The minimum absolute atomic E-state index is 0.0677. The van der Waals surface area contributed by atoms with Crippen molar-refractivity contribution < 1.29 is 18.7 Å². The van der Waals surface area contributed by atoms with Crippen LogP contribution in [0.2, 0.25) is 10.0 Å². The number of hydrogen-bond donors (Lipinski definition) is 0. The van der Waals surface area contributed by atoms with Crippen LogP contribution < -0.4 is 0 Å². The van der Waals surface area contributed by atoms with E-state index in [-0.39, 0.29) is 28.3 Å². The number of carbonyl (C=O) groups excluding carboxylic acids is 2. The van der Waals surface area contributed by atoms with E-state index in [1.54, 1.807) is 21.9 Å². The molecule has 6 nitrogen and oxygen atoms in total. The quantitative estimate of drug-likeness (QED) is 0.451. The van der Waals surface area contributed by atoms with Gasteiger partial charge in [0.1, 0.15) is 17.1 Å². The molecule has 0 saturated carbocycles. The van der Waals surface area contributed by atoms with Crippen LogP contribution in [-0.2, 0) is 11.2 Å². The van der Waals surface area contributed by atoms with Crippen LogP contribution in [0.5, 0.6) is 0 Å². The van der Waals surface area contributed by atoms with Gasteiger partial charge in [0, 0.05) is 24.8 Å². The minimum atomic E-state index is -0.636. The largest absolute Gasteiger partial charge is 0.369 e. The van der Waals surface area contributed by atoms with Gasteiger partial charge in [-0.3, -0.25) is 9.59 Å². The number of pyridine rings is 1. The Morgan fingerprint density at radius 3 is 2.27 bits per heavy atom. The lowest BCUT2D eigenvalue weighted by Gasteiger charge is -2.48. The van der Waals surface area contributed by atoms with Gasteiger partial charge in [-0.2, -0.15) is 0 Å². The minimum Gasteiger partial charge on any atom is -0.369 e. The molecule has 1 atom stereocenters. The summed E-state index contributed by atoms with van der Waals surface area (Å²) in [4.78, 5) is 34.1. The van der Waals surface area contributed by atoms with Crippen molar-refractivity contribution in [2.24, 2.45) is 0 Å². The Morgan fingerprint density at radius 2 is 1.59 bits per heavy atom. The van der Waals surface area contributed by atoms with Crippen LogP contribution in [-0.4, -0.2) is 65.0 Å². The number of piperidine rings is 1. The Labute approximate surface area is 224 Å². The number of ether oxygens (including phenoxy) is 1. The zero-order valence-electron chi connectivity index (χ0n) is 20.1. The molecule has 1 spiro atoms. The number of likely N-dealkylation sites (tertiary alicyclic amines) is 1. The van der Waals surface area contributed by atoms with E-state index in [4.69, 9.17) is 27.9 Å². The molecule has 3 aromatic rings. The van der Waals surface area contributed by atoms with Crippen LogP contribution in [0.25, 0.3) is 0 Å². The Balaban J connectivity index is 1.25. The predicted octanol–water partition coefficient (Wildman–Crippen LogP) is 5.27. The van der Waals surface area contributed by atoms with Gasteiger partial charge in [0.15, 0.2) is 0 Å². The molecular weight excluding hydrogens is 516 g/mol. The van der Waals surface area contributed by atoms with E-state index in [2.05, 4.69) is 4.98 Å². The third kappa shape index (κ3) is 5.79. The van der Waals surface area contributed by atoms with Crippen molar-refractivity contribution in [2.45, 2.75) is 24.9 Å². The number of hydrogen-bond acceptors (Lipinski definition) is 4. The van der Waals surface area contributed by atoms with Crippen LogP contribution in [0.4, 0.5) is 4.39 Å². The van der Waals surface area contributed by atoms with Gasteiger partial charge in [0.05, 0.1) is 29.7 Å². The summed E-state index contributed by atoms with van der Waals surface area (Å²) in [5, 5.41) is 0.575. The van der Waals surface area contributed by atoms with Crippen molar-refractivity contribution in [3.8, 4) is 0 Å². The molecule has 2 aromatic carbocycles. The van der Waals surface area contributed by atoms with Gasteiger partial charge in [-0.1, -0.05) is 47.5 Å². The number of aromatic nitrogens is 1. The topological polar surface area (TPSA) is 62.7 Å². The van der Waals surface area contributed by atoms with Crippen LogP contribution in [0.15, 0.2) is 60.8 Å². The standard InChI is InChI=1S/C28H26Cl2FN3O3/c29-22-15-24(30)25(32-16-22)27(36)33-11-1-10-28(17-33)18-34(12-13-37-28)26(35)21-6-2-19(3-7-21)14-20-4-8-23(31)9-5-20/h2-9,15-16H,1,10-14,17-18H2. The molecule has 9 heteroatoms. The summed E-state index contributed by atoms with van der Waals surface area (Å²) in [5.74, 6) is -0.602. The lowest BCUT2D eigenvalue weighted by Crippen LogP contribution is -2.61. The second-order valence-electron chi connectivity index (χ2n) is 9.57. The third-order valence-electron chi connectivity index (χ3n) is 6.90. The number of halogens is 3. The Bertz CT molecular complexity index is 1300. The molecule has 3 heterocycles. The smallest absolute Gasteiger partial charge is 0.274 e. The first kappa shape index (κ1) is 25.6. The first-order valence-electron chi connectivity index (χ1n) is 12.2. The van der Waals surface area contributed by atoms with Crippen LogP contribution in [0.3, 0.4) is 0 Å². The number of amides is 2. The fraction of sp³-hybridized carbons (Fsp3) is 0.321. The zero-order valence-corrected chi connectivity index (χ0v) is 21.6. The Morgan fingerprint density at radius 1 is 0.946 bits per heavy atom. The number of benzene rings is 2. The van der Waals surface area contributed by atoms with Gasteiger partial charge in [-0.15, -0.1) is 0 Å². The van der Waals surface area contributed by atoms with Gasteiger partial charge in [0.2, 0.25) is 0 Å². The molecule has 0 aliphatic carbocycles. The normalized spacial score (nSPS) is 19.8. The maximum absolute atomic E-state index is 13.4. The van der Waals surface area contributed by atoms with Crippen LogP contribution in [0.1, 0.15) is 44.8 Å². The second kappa shape index (κ2) is 10.8. The van der Waals surface area contributed by atoms with E-state index in [0.29, 0.717) is 49.8 Å². The molecule has 0 bridgehead atoms. The molecule has 37 heavy (non-hydrogen) atoms. The summed E-state index contributed by atoms with van der Waals surface area (Å²) in [7, 11) is 0. The average Bonchev–Trinajstić information content (AvgIpc) is 2.90. The monoisotopic (exact) mass is 541 g/mol. The van der Waals surface area contributed by atoms with Crippen molar-refractivity contribution in [1.29, 1.82) is 0 Å². The maximum atomic E-state index is 13.4. The highest BCUT2D eigenvalue weighted by Crippen LogP contribution is 2.31. The average molecular weight is 542 g/mol. The highest BCUT2D eigenvalue weighted by Gasteiger charge is 2.43. The summed E-state index contributed by atoms with van der Waals surface area (Å²) in [6.45, 7) is 2.20. The predicted molar refractivity (Wildman–Crippen MR) is 140 cm³/mol. The summed E-state index contributed by atoms with van der Waals surface area (Å²) in [5.41, 5.74) is 2.16. The lowest BCUT2D eigenvalue weighted by molar-refractivity contribution is -0.126. The van der Waals surface area contributed by atoms with Crippen LogP contribution in [0, 0.1) is 5.82 Å². The SMILES string of the molecule is O=C(c1ccc(Cc2ccc(F)cc2)cc1)N1CCOC2(CCCN(C(=O)c3ncc(Cl)cc3Cl)C2)C1. The molecule has 5 rings (SSSR count). The molecular formula is C28H26Cl2FN3O3. The molecule has 2 fully saturated rings. The van der Waals surface area contributed by atoms with Gasteiger partial charge in [-0.25, -0.2) is 9.37 Å². The fourth-order valence-electron chi connectivity index (χ4n) is 5.04. The summed E-state index contributed by atoms with van der Waals surface area (Å²) in [6.07, 6.45) is 3.56. The fourth-order valence-corrected chi connectivity index (χ4v) is 5.50. The molecule has 0 radical (unpaired) electrons. The summed E-state index contributed by atoms with van der Waals surface area (Å²) < 4.78 is 19.4. The van der Waals surface area contributed by atoms with E-state index in [0.717, 1.165) is 24.0 Å². The van der Waals surface area contributed by atoms with Gasteiger partial charge >= 0.3 is 0 Å². The molecule has 1 aromatic heterocycles. The van der Waals surface area contributed by atoms with Crippen molar-refractivity contribution in [2.75, 3.05) is 32.8 Å². The first-order valence-corrected chi connectivity index (χ1v) is 12.9. The third-order valence-corrected chi connectivity index (χ3v) is 7.39. The van der Waals surface area contributed by atoms with Gasteiger partial charge in [0.25, 0.3) is 11.8 Å².